The fourth-order valence-corrected chi connectivity index (χ4v) is 2.41. The van der Waals surface area contributed by atoms with Crippen molar-refractivity contribution in [1.29, 1.82) is 0 Å². The Morgan fingerprint density at radius 1 is 0.875 bits per heavy atom. The molecule has 2 aromatic carbocycles. The summed E-state index contributed by atoms with van der Waals surface area (Å²) in [6.45, 7) is 0. The van der Waals surface area contributed by atoms with Crippen LogP contribution in [0, 0.1) is 5.82 Å². The number of hydrogen-bond acceptors (Lipinski definition) is 5. The predicted octanol–water partition coefficient (Wildman–Crippen LogP) is 3.10. The maximum Gasteiger partial charge on any atom is 0.164 e. The summed E-state index contributed by atoms with van der Waals surface area (Å²) in [4.78, 5) is 0. The Morgan fingerprint density at radius 2 is 1.50 bits per heavy atom. The molecule has 0 radical (unpaired) electrons. The number of methoxy groups -OCH3 is 3. The van der Waals surface area contributed by atoms with Gasteiger partial charge in [-0.2, -0.15) is 0 Å². The van der Waals surface area contributed by atoms with E-state index in [-0.39, 0.29) is 5.82 Å². The minimum absolute atomic E-state index is 0.304. The average molecular weight is 329 g/mol. The summed E-state index contributed by atoms with van der Waals surface area (Å²) >= 11 is 0. The maximum atomic E-state index is 13.2. The molecular weight excluding hydrogens is 313 g/mol. The molecule has 0 saturated carbocycles. The van der Waals surface area contributed by atoms with Gasteiger partial charge in [0.15, 0.2) is 11.5 Å². The first kappa shape index (κ1) is 15.8. The summed E-state index contributed by atoms with van der Waals surface area (Å²) in [5.41, 5.74) is 2.10. The van der Waals surface area contributed by atoms with Crippen LogP contribution in [0.1, 0.15) is 0 Å². The number of ether oxygens (including phenoxy) is 3. The van der Waals surface area contributed by atoms with Crippen LogP contribution in [0.25, 0.3) is 16.9 Å². The van der Waals surface area contributed by atoms with E-state index in [1.807, 2.05) is 0 Å². The van der Waals surface area contributed by atoms with Gasteiger partial charge in [-0.15, -0.1) is 5.10 Å². The number of benzene rings is 2. The van der Waals surface area contributed by atoms with Crippen LogP contribution in [0.4, 0.5) is 4.39 Å². The lowest BCUT2D eigenvalue weighted by atomic mass is 10.1. The number of aromatic nitrogens is 3. The van der Waals surface area contributed by atoms with Gasteiger partial charge < -0.3 is 14.2 Å². The van der Waals surface area contributed by atoms with Gasteiger partial charge in [0, 0.05) is 17.7 Å². The van der Waals surface area contributed by atoms with Crippen LogP contribution in [0.15, 0.2) is 42.6 Å². The lowest BCUT2D eigenvalue weighted by Crippen LogP contribution is -2.04. The lowest BCUT2D eigenvalue weighted by molar-refractivity contribution is 0.348. The maximum absolute atomic E-state index is 13.2. The first-order valence-corrected chi connectivity index (χ1v) is 7.15. The zero-order chi connectivity index (χ0) is 17.1. The summed E-state index contributed by atoms with van der Waals surface area (Å²) in [7, 11) is 4.66. The van der Waals surface area contributed by atoms with Gasteiger partial charge in [0.1, 0.15) is 17.3 Å². The van der Waals surface area contributed by atoms with Crippen LogP contribution in [0.2, 0.25) is 0 Å². The summed E-state index contributed by atoms with van der Waals surface area (Å²) in [6, 6.07) is 9.57. The molecule has 0 bridgehead atoms. The van der Waals surface area contributed by atoms with Crippen LogP contribution >= 0.6 is 0 Å². The van der Waals surface area contributed by atoms with E-state index >= 15 is 0 Å². The highest BCUT2D eigenvalue weighted by molar-refractivity contribution is 5.65. The Balaban J connectivity index is 2.16. The zero-order valence-electron chi connectivity index (χ0n) is 13.5. The molecule has 1 heterocycles. The zero-order valence-corrected chi connectivity index (χ0v) is 13.5. The van der Waals surface area contributed by atoms with Crippen LogP contribution < -0.4 is 14.2 Å². The minimum atomic E-state index is -0.304. The van der Waals surface area contributed by atoms with Crippen molar-refractivity contribution in [2.24, 2.45) is 0 Å². The standard InChI is InChI=1S/C17H16FN3O3/c1-22-15-9-17(24-3)16(23-2)8-13(15)21-14(10-19-20-21)11-4-6-12(18)7-5-11/h4-10H,1-3H3. The van der Waals surface area contributed by atoms with Crippen LogP contribution in [0.3, 0.4) is 0 Å². The third-order valence-corrected chi connectivity index (χ3v) is 3.60. The van der Waals surface area contributed by atoms with Gasteiger partial charge in [0.25, 0.3) is 0 Å². The van der Waals surface area contributed by atoms with Gasteiger partial charge in [-0.05, 0) is 24.3 Å². The molecule has 0 fully saturated rings. The van der Waals surface area contributed by atoms with Gasteiger partial charge >= 0.3 is 0 Å². The summed E-state index contributed by atoms with van der Waals surface area (Å²) in [5.74, 6) is 1.32. The van der Waals surface area contributed by atoms with E-state index in [1.165, 1.54) is 12.1 Å². The molecule has 124 valence electrons. The molecule has 0 saturated heterocycles. The average Bonchev–Trinajstić information content (AvgIpc) is 3.10. The molecule has 0 atom stereocenters. The van der Waals surface area contributed by atoms with Crippen molar-refractivity contribution in [3.63, 3.8) is 0 Å². The Bertz CT molecular complexity index is 847. The van der Waals surface area contributed by atoms with Crippen molar-refractivity contribution >= 4 is 0 Å². The van der Waals surface area contributed by atoms with E-state index < -0.39 is 0 Å². The molecule has 6 nitrogen and oxygen atoms in total. The van der Waals surface area contributed by atoms with Gasteiger partial charge in [-0.1, -0.05) is 5.21 Å². The van der Waals surface area contributed by atoms with Crippen molar-refractivity contribution in [3.05, 3.63) is 48.4 Å². The Kier molecular flexibility index (Phi) is 4.33. The molecule has 0 amide bonds. The highest BCUT2D eigenvalue weighted by Crippen LogP contribution is 2.37. The first-order chi connectivity index (χ1) is 11.7. The molecule has 0 aliphatic heterocycles. The van der Waals surface area contributed by atoms with Crippen molar-refractivity contribution in [2.75, 3.05) is 21.3 Å². The van der Waals surface area contributed by atoms with E-state index in [0.717, 1.165) is 5.56 Å². The molecule has 0 N–H and O–H groups in total. The Labute approximate surface area is 138 Å². The fourth-order valence-electron chi connectivity index (χ4n) is 2.41. The van der Waals surface area contributed by atoms with E-state index in [9.17, 15) is 4.39 Å². The van der Waals surface area contributed by atoms with Crippen LogP contribution in [0.5, 0.6) is 17.2 Å². The molecule has 0 aliphatic carbocycles. The van der Waals surface area contributed by atoms with Gasteiger partial charge in [0.05, 0.1) is 33.2 Å². The quantitative estimate of drug-likeness (QED) is 0.720. The molecule has 1 aromatic heterocycles. The van der Waals surface area contributed by atoms with E-state index in [0.29, 0.717) is 28.6 Å². The molecule has 3 aromatic rings. The van der Waals surface area contributed by atoms with Crippen LogP contribution in [-0.2, 0) is 0 Å². The van der Waals surface area contributed by atoms with Gasteiger partial charge in [-0.25, -0.2) is 9.07 Å². The number of nitrogens with zero attached hydrogens (tertiary/aromatic N) is 3. The van der Waals surface area contributed by atoms with E-state index in [2.05, 4.69) is 10.3 Å². The number of rotatable bonds is 5. The summed E-state index contributed by atoms with van der Waals surface area (Å²) in [6.07, 6.45) is 1.60. The third kappa shape index (κ3) is 2.76. The SMILES string of the molecule is COc1cc(OC)c(-n2nncc2-c2ccc(F)cc2)cc1OC. The predicted molar refractivity (Wildman–Crippen MR) is 86.4 cm³/mol. The molecule has 24 heavy (non-hydrogen) atoms. The normalized spacial score (nSPS) is 10.5. The Hall–Kier alpha value is -3.09. The van der Waals surface area contributed by atoms with Crippen LogP contribution in [-0.4, -0.2) is 36.3 Å². The summed E-state index contributed by atoms with van der Waals surface area (Å²) < 4.78 is 30.8. The molecular formula is C17H16FN3O3. The number of hydrogen-bond donors (Lipinski definition) is 0. The van der Waals surface area contributed by atoms with E-state index in [1.54, 1.807) is 56.5 Å². The monoisotopic (exact) mass is 329 g/mol. The first-order valence-electron chi connectivity index (χ1n) is 7.15. The van der Waals surface area contributed by atoms with Crippen molar-refractivity contribution in [2.45, 2.75) is 0 Å². The number of halogens is 1. The highest BCUT2D eigenvalue weighted by Gasteiger charge is 2.17. The topological polar surface area (TPSA) is 58.4 Å². The summed E-state index contributed by atoms with van der Waals surface area (Å²) in [5, 5.41) is 8.08. The third-order valence-electron chi connectivity index (χ3n) is 3.60. The highest BCUT2D eigenvalue weighted by atomic mass is 19.1. The minimum Gasteiger partial charge on any atom is -0.494 e. The molecule has 3 rings (SSSR count). The van der Waals surface area contributed by atoms with Gasteiger partial charge in [0.2, 0.25) is 0 Å². The second-order valence-electron chi connectivity index (χ2n) is 4.92. The van der Waals surface area contributed by atoms with Crippen molar-refractivity contribution < 1.29 is 18.6 Å². The lowest BCUT2D eigenvalue weighted by Gasteiger charge is -2.15. The van der Waals surface area contributed by atoms with E-state index in [4.69, 9.17) is 14.2 Å². The van der Waals surface area contributed by atoms with Gasteiger partial charge in [-0.3, -0.25) is 0 Å². The van der Waals surface area contributed by atoms with Crippen molar-refractivity contribution in [1.82, 2.24) is 15.0 Å². The fraction of sp³-hybridized carbons (Fsp3) is 0.176. The molecule has 0 unspecified atom stereocenters. The molecule has 7 heteroatoms. The largest absolute Gasteiger partial charge is 0.494 e. The molecule has 0 aliphatic rings. The smallest absolute Gasteiger partial charge is 0.164 e. The van der Waals surface area contributed by atoms with Crippen molar-refractivity contribution in [3.8, 4) is 34.2 Å². The second kappa shape index (κ2) is 6.57. The Morgan fingerprint density at radius 3 is 2.12 bits per heavy atom. The second-order valence-corrected chi connectivity index (χ2v) is 4.92. The molecule has 0 spiro atoms.